The molecule has 0 N–H and O–H groups in total. The molecule has 2 aromatic carbocycles. The largest absolute Gasteiger partial charge is 0.344 e. The van der Waals surface area contributed by atoms with Crippen LogP contribution in [0.4, 0.5) is 10.5 Å². The van der Waals surface area contributed by atoms with Gasteiger partial charge < -0.3 is 0 Å². The second kappa shape index (κ2) is 7.36. The number of rotatable bonds is 1. The number of urea groups is 1. The quantitative estimate of drug-likeness (QED) is 0.568. The molecule has 1 aliphatic heterocycles. The molecule has 4 nitrogen and oxygen atoms in total. The number of hydrazone groups is 1. The molecule has 0 bridgehead atoms. The van der Waals surface area contributed by atoms with Crippen molar-refractivity contribution >= 4 is 57.1 Å². The summed E-state index contributed by atoms with van der Waals surface area (Å²) in [5.41, 5.74) is 2.75. The number of hydrogen-bond acceptors (Lipinski definition) is 2. The van der Waals surface area contributed by atoms with Crippen molar-refractivity contribution in [2.45, 2.75) is 19.4 Å². The van der Waals surface area contributed by atoms with Crippen molar-refractivity contribution in [3.63, 3.8) is 0 Å². The van der Waals surface area contributed by atoms with E-state index < -0.39 is 0 Å². The lowest BCUT2D eigenvalue weighted by atomic mass is 10.0. The van der Waals surface area contributed by atoms with Crippen molar-refractivity contribution in [1.82, 2.24) is 5.01 Å². The summed E-state index contributed by atoms with van der Waals surface area (Å²) in [5, 5.41) is 7.15. The molecule has 0 saturated heterocycles. The van der Waals surface area contributed by atoms with Crippen LogP contribution in [0, 0.1) is 0 Å². The van der Waals surface area contributed by atoms with E-state index in [-0.39, 0.29) is 12.1 Å². The summed E-state index contributed by atoms with van der Waals surface area (Å²) in [6, 6.07) is 10.5. The number of amides is 2. The monoisotopic (exact) mass is 439 g/mol. The van der Waals surface area contributed by atoms with Gasteiger partial charge in [0, 0.05) is 32.8 Å². The van der Waals surface area contributed by atoms with Crippen LogP contribution in [0.15, 0.2) is 46.0 Å². The Morgan fingerprint density at radius 1 is 1.24 bits per heavy atom. The fraction of sp³-hybridized carbons (Fsp3) is 0.222. The third-order valence-corrected chi connectivity index (χ3v) is 5.31. The molecule has 25 heavy (non-hydrogen) atoms. The van der Waals surface area contributed by atoms with Crippen molar-refractivity contribution in [3.8, 4) is 0 Å². The van der Waals surface area contributed by atoms with E-state index in [0.717, 1.165) is 21.3 Å². The molecule has 0 saturated carbocycles. The van der Waals surface area contributed by atoms with Gasteiger partial charge in [-0.15, -0.1) is 0 Å². The minimum absolute atomic E-state index is 0.0998. The molecular weight excluding hydrogens is 425 g/mol. The van der Waals surface area contributed by atoms with E-state index in [9.17, 15) is 4.79 Å². The molecule has 1 aliphatic rings. The molecule has 7 heteroatoms. The number of anilines is 1. The van der Waals surface area contributed by atoms with Gasteiger partial charge >= 0.3 is 6.03 Å². The zero-order chi connectivity index (χ0) is 18.1. The van der Waals surface area contributed by atoms with Crippen LogP contribution in [0.1, 0.15) is 18.1 Å². The molecule has 2 aromatic rings. The smallest absolute Gasteiger partial charge is 0.296 e. The maximum Gasteiger partial charge on any atom is 0.344 e. The molecule has 130 valence electrons. The van der Waals surface area contributed by atoms with E-state index in [4.69, 9.17) is 23.2 Å². The zero-order valence-corrected chi connectivity index (χ0v) is 16.8. The Balaban J connectivity index is 1.88. The number of hydrogen-bond donors (Lipinski definition) is 0. The minimum Gasteiger partial charge on any atom is -0.296 e. The van der Waals surface area contributed by atoms with Crippen LogP contribution < -0.4 is 4.90 Å². The van der Waals surface area contributed by atoms with E-state index >= 15 is 0 Å². The summed E-state index contributed by atoms with van der Waals surface area (Å²) >= 11 is 15.6. The van der Waals surface area contributed by atoms with Gasteiger partial charge in [-0.3, -0.25) is 4.90 Å². The summed E-state index contributed by atoms with van der Waals surface area (Å²) in [5.74, 6) is 0. The molecule has 0 radical (unpaired) electrons. The molecule has 0 fully saturated rings. The van der Waals surface area contributed by atoms with Gasteiger partial charge in [0.1, 0.15) is 0 Å². The average Bonchev–Trinajstić information content (AvgIpc) is 2.73. The predicted octanol–water partition coefficient (Wildman–Crippen LogP) is 5.59. The Labute approximate surface area is 165 Å². The average molecular weight is 441 g/mol. The fourth-order valence-electron chi connectivity index (χ4n) is 2.74. The highest BCUT2D eigenvalue weighted by atomic mass is 79.9. The van der Waals surface area contributed by atoms with Crippen LogP contribution in [-0.4, -0.2) is 30.3 Å². The molecule has 3 rings (SSSR count). The number of nitrogens with zero attached hydrogens (tertiary/aromatic N) is 3. The summed E-state index contributed by atoms with van der Waals surface area (Å²) < 4.78 is 0.925. The SMILES string of the molecule is CC1Cc2c(Br)cc(Cl)cc2C=NN1C(=O)N(C)c1ccc(Cl)cc1. The lowest BCUT2D eigenvalue weighted by Gasteiger charge is -2.28. The third-order valence-electron chi connectivity index (χ3n) is 4.13. The number of fused-ring (bicyclic) bond motifs is 1. The van der Waals surface area contributed by atoms with E-state index in [0.29, 0.717) is 16.5 Å². The zero-order valence-electron chi connectivity index (χ0n) is 13.7. The van der Waals surface area contributed by atoms with Crippen LogP contribution in [0.2, 0.25) is 10.0 Å². The van der Waals surface area contributed by atoms with Crippen LogP contribution in [0.25, 0.3) is 0 Å². The van der Waals surface area contributed by atoms with Gasteiger partial charge in [-0.05, 0) is 55.3 Å². The Bertz CT molecular complexity index is 839. The fourth-order valence-corrected chi connectivity index (χ4v) is 3.86. The molecular formula is C18H16BrCl2N3O. The van der Waals surface area contributed by atoms with Crippen molar-refractivity contribution < 1.29 is 4.79 Å². The maximum absolute atomic E-state index is 12.9. The first kappa shape index (κ1) is 18.2. The second-order valence-electron chi connectivity index (χ2n) is 5.92. The van der Waals surface area contributed by atoms with Gasteiger partial charge in [-0.1, -0.05) is 39.1 Å². The van der Waals surface area contributed by atoms with Gasteiger partial charge in [0.15, 0.2) is 0 Å². The van der Waals surface area contributed by atoms with Crippen LogP contribution in [0.5, 0.6) is 0 Å². The molecule has 0 aromatic heterocycles. The third kappa shape index (κ3) is 3.84. The van der Waals surface area contributed by atoms with Crippen molar-refractivity contribution in [2.24, 2.45) is 5.10 Å². The summed E-state index contributed by atoms with van der Waals surface area (Å²) in [6.45, 7) is 1.97. The number of carbonyl (C=O) groups excluding carboxylic acids is 1. The second-order valence-corrected chi connectivity index (χ2v) is 7.64. The molecule has 1 heterocycles. The summed E-state index contributed by atoms with van der Waals surface area (Å²) in [6.07, 6.45) is 2.36. The Morgan fingerprint density at radius 2 is 1.92 bits per heavy atom. The Kier molecular flexibility index (Phi) is 5.37. The Morgan fingerprint density at radius 3 is 2.60 bits per heavy atom. The minimum atomic E-state index is -0.207. The molecule has 1 unspecified atom stereocenters. The Hall–Kier alpha value is -1.56. The van der Waals surface area contributed by atoms with E-state index in [1.165, 1.54) is 5.01 Å². The topological polar surface area (TPSA) is 35.9 Å². The first-order valence-electron chi connectivity index (χ1n) is 7.71. The van der Waals surface area contributed by atoms with Gasteiger partial charge in [-0.25, -0.2) is 9.80 Å². The molecule has 2 amide bonds. The number of halogens is 3. The van der Waals surface area contributed by atoms with Gasteiger partial charge in [-0.2, -0.15) is 5.10 Å². The van der Waals surface area contributed by atoms with Gasteiger partial charge in [0.2, 0.25) is 0 Å². The lowest BCUT2D eigenvalue weighted by Crippen LogP contribution is -2.43. The molecule has 1 atom stereocenters. The molecule has 0 spiro atoms. The van der Waals surface area contributed by atoms with E-state index in [1.807, 2.05) is 19.1 Å². The number of benzene rings is 2. The lowest BCUT2D eigenvalue weighted by molar-refractivity contribution is 0.190. The first-order valence-corrected chi connectivity index (χ1v) is 9.26. The van der Waals surface area contributed by atoms with Crippen molar-refractivity contribution in [1.29, 1.82) is 0 Å². The van der Waals surface area contributed by atoms with Gasteiger partial charge in [0.05, 0.1) is 12.3 Å². The summed E-state index contributed by atoms with van der Waals surface area (Å²) in [4.78, 5) is 14.5. The van der Waals surface area contributed by atoms with Crippen LogP contribution in [-0.2, 0) is 6.42 Å². The van der Waals surface area contributed by atoms with Crippen molar-refractivity contribution in [2.75, 3.05) is 11.9 Å². The van der Waals surface area contributed by atoms with E-state index in [2.05, 4.69) is 21.0 Å². The van der Waals surface area contributed by atoms with Crippen LogP contribution >= 0.6 is 39.1 Å². The standard InChI is InChI=1S/C18H16BrCl2N3O/c1-11-7-16-12(8-14(21)9-17(16)19)10-22-24(11)18(25)23(2)15-5-3-13(20)4-6-15/h3-6,8-11H,7H2,1-2H3. The number of carbonyl (C=O) groups is 1. The van der Waals surface area contributed by atoms with Crippen molar-refractivity contribution in [3.05, 3.63) is 62.0 Å². The maximum atomic E-state index is 12.9. The summed E-state index contributed by atoms with van der Waals surface area (Å²) in [7, 11) is 1.72. The molecule has 0 aliphatic carbocycles. The first-order chi connectivity index (χ1) is 11.9. The van der Waals surface area contributed by atoms with E-state index in [1.54, 1.807) is 42.4 Å². The highest BCUT2D eigenvalue weighted by Gasteiger charge is 2.27. The van der Waals surface area contributed by atoms with Crippen LogP contribution in [0.3, 0.4) is 0 Å². The highest BCUT2D eigenvalue weighted by Crippen LogP contribution is 2.29. The highest BCUT2D eigenvalue weighted by molar-refractivity contribution is 9.10. The predicted molar refractivity (Wildman–Crippen MR) is 107 cm³/mol. The van der Waals surface area contributed by atoms with Gasteiger partial charge in [0.25, 0.3) is 0 Å². The normalized spacial score (nSPS) is 16.4.